The molecule has 2 aliphatic heterocycles. The van der Waals surface area contributed by atoms with Gasteiger partial charge >= 0.3 is 0 Å². The number of piperidine rings is 1. The second-order valence-corrected chi connectivity index (χ2v) is 9.11. The quantitative estimate of drug-likeness (QED) is 0.441. The number of aliphatic imine (C=N–C) groups is 1. The molecule has 0 aliphatic carbocycles. The number of aromatic amines is 1. The summed E-state index contributed by atoms with van der Waals surface area (Å²) in [6, 6.07) is 10.3. The second-order valence-electron chi connectivity index (χ2n) is 9.11. The zero-order chi connectivity index (χ0) is 26.9. The summed E-state index contributed by atoms with van der Waals surface area (Å²) in [5, 5.41) is 4.24. The van der Waals surface area contributed by atoms with Gasteiger partial charge in [0.25, 0.3) is 5.91 Å². The molecule has 0 saturated carbocycles. The normalized spacial score (nSPS) is 17.5. The first-order valence-corrected chi connectivity index (χ1v) is 13.6. The number of rotatable bonds is 6. The van der Waals surface area contributed by atoms with Gasteiger partial charge in [-0.05, 0) is 57.0 Å². The molecule has 3 aromatic rings. The third-order valence-corrected chi connectivity index (χ3v) is 6.88. The molecule has 2 aromatic heterocycles. The number of amides is 1. The van der Waals surface area contributed by atoms with Crippen LogP contribution in [0, 0.1) is 0 Å². The van der Waals surface area contributed by atoms with Crippen LogP contribution in [-0.4, -0.2) is 82.3 Å². The molecule has 0 spiro atoms. The fourth-order valence-corrected chi connectivity index (χ4v) is 4.99. The Balaban J connectivity index is 0.00000164. The van der Waals surface area contributed by atoms with E-state index < -0.39 is 0 Å². The lowest BCUT2D eigenvalue weighted by molar-refractivity contribution is 0.00154. The van der Waals surface area contributed by atoms with Crippen LogP contribution in [0.4, 0.5) is 11.6 Å². The monoisotopic (exact) mass is 517 g/mol. The van der Waals surface area contributed by atoms with Gasteiger partial charge in [-0.2, -0.15) is 0 Å². The van der Waals surface area contributed by atoms with Crippen LogP contribution in [0.25, 0.3) is 16.6 Å². The molecular weight excluding hydrogens is 478 g/mol. The standard InChI is InChI=1S/C27H33N7O2.C2H6/c1-3-22(28-4-2)24-7-10-29-27(32-24)30-20-5-6-23-19(17-20)18-25(31-23)26(35)34-11-8-21(9-12-34)33-13-15-36-16-14-33;1-2/h3-7,10,17-18,21,31H,8-9,11-16H2,1-2H3,(H,29,30,32);1-2H3/b22-3-,28-4?;. The van der Waals surface area contributed by atoms with E-state index in [1.54, 1.807) is 12.4 Å². The fourth-order valence-electron chi connectivity index (χ4n) is 4.99. The Morgan fingerprint density at radius 3 is 2.58 bits per heavy atom. The van der Waals surface area contributed by atoms with Crippen molar-refractivity contribution in [3.05, 3.63) is 54.0 Å². The minimum absolute atomic E-state index is 0.0625. The highest BCUT2D eigenvalue weighted by Crippen LogP contribution is 2.25. The SMILES string of the molecule is CC.CC=N/C(=C\C)c1ccnc(Nc2ccc3[nH]c(C(=O)N4CCC(N5CCOCC5)CC4)cc3c2)n1. The Hall–Kier alpha value is -3.56. The topological polar surface area (TPSA) is 98.7 Å². The third kappa shape index (κ3) is 6.46. The van der Waals surface area contributed by atoms with Crippen molar-refractivity contribution < 1.29 is 9.53 Å². The van der Waals surface area contributed by atoms with Crippen LogP contribution >= 0.6 is 0 Å². The maximum absolute atomic E-state index is 13.2. The fraction of sp³-hybridized carbons (Fsp3) is 0.448. The number of benzene rings is 1. The van der Waals surface area contributed by atoms with Crippen molar-refractivity contribution in [1.29, 1.82) is 0 Å². The number of allylic oxidation sites excluding steroid dienone is 1. The van der Waals surface area contributed by atoms with Crippen LogP contribution in [0.1, 0.15) is 56.7 Å². The van der Waals surface area contributed by atoms with Crippen molar-refractivity contribution in [2.75, 3.05) is 44.7 Å². The van der Waals surface area contributed by atoms with Gasteiger partial charge in [0.05, 0.1) is 24.6 Å². The van der Waals surface area contributed by atoms with Gasteiger partial charge in [0, 0.05) is 61.2 Å². The first-order chi connectivity index (χ1) is 18.6. The van der Waals surface area contributed by atoms with Crippen molar-refractivity contribution in [3.63, 3.8) is 0 Å². The molecule has 0 atom stereocenters. The predicted octanol–water partition coefficient (Wildman–Crippen LogP) is 5.12. The van der Waals surface area contributed by atoms with Crippen LogP contribution in [0.15, 0.2) is 47.6 Å². The summed E-state index contributed by atoms with van der Waals surface area (Å²) in [6.07, 6.45) is 7.40. The molecule has 2 N–H and O–H groups in total. The smallest absolute Gasteiger partial charge is 0.270 e. The van der Waals surface area contributed by atoms with Crippen LogP contribution in [0.5, 0.6) is 0 Å². The highest BCUT2D eigenvalue weighted by Gasteiger charge is 2.28. The van der Waals surface area contributed by atoms with E-state index in [0.29, 0.717) is 17.7 Å². The average Bonchev–Trinajstić information content (AvgIpc) is 3.41. The van der Waals surface area contributed by atoms with Crippen molar-refractivity contribution in [2.45, 2.75) is 46.6 Å². The van der Waals surface area contributed by atoms with Gasteiger partial charge in [0.15, 0.2) is 0 Å². The molecule has 38 heavy (non-hydrogen) atoms. The molecule has 1 aromatic carbocycles. The number of likely N-dealkylation sites (tertiary alicyclic amines) is 1. The minimum Gasteiger partial charge on any atom is -0.379 e. The molecule has 2 fully saturated rings. The Bertz CT molecular complexity index is 1270. The molecule has 2 saturated heterocycles. The van der Waals surface area contributed by atoms with Gasteiger partial charge in [-0.1, -0.05) is 19.9 Å². The maximum atomic E-state index is 13.2. The zero-order valence-corrected chi connectivity index (χ0v) is 22.9. The van der Waals surface area contributed by atoms with E-state index in [4.69, 9.17) is 4.74 Å². The van der Waals surface area contributed by atoms with Gasteiger partial charge in [-0.15, -0.1) is 0 Å². The van der Waals surface area contributed by atoms with Crippen molar-refractivity contribution in [3.8, 4) is 0 Å². The van der Waals surface area contributed by atoms with Gasteiger partial charge in [-0.3, -0.25) is 14.7 Å². The van der Waals surface area contributed by atoms with Crippen molar-refractivity contribution in [1.82, 2.24) is 24.8 Å². The highest BCUT2D eigenvalue weighted by atomic mass is 16.5. The van der Waals surface area contributed by atoms with Gasteiger partial charge in [0.1, 0.15) is 5.69 Å². The summed E-state index contributed by atoms with van der Waals surface area (Å²) < 4.78 is 5.48. The number of H-pyrrole nitrogens is 1. The molecule has 0 unspecified atom stereocenters. The number of fused-ring (bicyclic) bond motifs is 1. The molecule has 1 amide bonds. The zero-order valence-electron chi connectivity index (χ0n) is 22.9. The largest absolute Gasteiger partial charge is 0.379 e. The molecule has 0 bridgehead atoms. The lowest BCUT2D eigenvalue weighted by Gasteiger charge is -2.40. The van der Waals surface area contributed by atoms with E-state index in [2.05, 4.69) is 30.2 Å². The Kier molecular flexibility index (Phi) is 9.62. The molecule has 5 rings (SSSR count). The third-order valence-electron chi connectivity index (χ3n) is 6.88. The van der Waals surface area contributed by atoms with E-state index in [-0.39, 0.29) is 5.91 Å². The molecular formula is C29H39N7O2. The average molecular weight is 518 g/mol. The summed E-state index contributed by atoms with van der Waals surface area (Å²) in [7, 11) is 0. The lowest BCUT2D eigenvalue weighted by Crippen LogP contribution is -2.50. The summed E-state index contributed by atoms with van der Waals surface area (Å²) >= 11 is 0. The van der Waals surface area contributed by atoms with Gasteiger partial charge < -0.3 is 19.9 Å². The first-order valence-electron chi connectivity index (χ1n) is 13.6. The van der Waals surface area contributed by atoms with E-state index in [9.17, 15) is 4.79 Å². The number of nitrogens with zero attached hydrogens (tertiary/aromatic N) is 5. The number of hydrogen-bond donors (Lipinski definition) is 2. The Morgan fingerprint density at radius 2 is 1.87 bits per heavy atom. The van der Waals surface area contributed by atoms with Crippen LogP contribution in [0.2, 0.25) is 0 Å². The number of morpholine rings is 1. The number of aromatic nitrogens is 3. The number of hydrogen-bond acceptors (Lipinski definition) is 7. The maximum Gasteiger partial charge on any atom is 0.270 e. The van der Waals surface area contributed by atoms with E-state index in [0.717, 1.165) is 80.2 Å². The summed E-state index contributed by atoms with van der Waals surface area (Å²) in [6.45, 7) is 13.0. The van der Waals surface area contributed by atoms with Crippen LogP contribution in [0.3, 0.4) is 0 Å². The predicted molar refractivity (Wildman–Crippen MR) is 154 cm³/mol. The van der Waals surface area contributed by atoms with Crippen molar-refractivity contribution >= 4 is 40.4 Å². The molecule has 4 heterocycles. The molecule has 9 heteroatoms. The number of carbonyl (C=O) groups is 1. The van der Waals surface area contributed by atoms with Crippen LogP contribution in [-0.2, 0) is 4.74 Å². The molecule has 9 nitrogen and oxygen atoms in total. The molecule has 0 radical (unpaired) electrons. The van der Waals surface area contributed by atoms with E-state index in [1.165, 1.54) is 0 Å². The lowest BCUT2D eigenvalue weighted by atomic mass is 10.0. The number of ether oxygens (including phenoxy) is 1. The van der Waals surface area contributed by atoms with E-state index in [1.807, 2.05) is 69.0 Å². The second kappa shape index (κ2) is 13.3. The summed E-state index contributed by atoms with van der Waals surface area (Å²) in [5.74, 6) is 0.556. The molecule has 2 aliphatic rings. The number of nitrogens with one attached hydrogen (secondary N) is 2. The van der Waals surface area contributed by atoms with Gasteiger partial charge in [0.2, 0.25) is 5.95 Å². The Labute approximate surface area is 225 Å². The van der Waals surface area contributed by atoms with E-state index >= 15 is 0 Å². The first kappa shape index (κ1) is 27.5. The highest BCUT2D eigenvalue weighted by molar-refractivity contribution is 5.98. The Morgan fingerprint density at radius 1 is 1.11 bits per heavy atom. The summed E-state index contributed by atoms with van der Waals surface area (Å²) in [5.41, 5.74) is 3.95. The number of carbonyl (C=O) groups excluding carboxylic acids is 1. The minimum atomic E-state index is 0.0625. The molecule has 202 valence electrons. The van der Waals surface area contributed by atoms with Crippen LogP contribution < -0.4 is 5.32 Å². The van der Waals surface area contributed by atoms with Crippen molar-refractivity contribution in [2.24, 2.45) is 4.99 Å². The summed E-state index contributed by atoms with van der Waals surface area (Å²) in [4.78, 5) is 34.3. The van der Waals surface area contributed by atoms with Gasteiger partial charge in [-0.25, -0.2) is 9.97 Å². The number of anilines is 2.